The van der Waals surface area contributed by atoms with E-state index in [1.165, 1.54) is 0 Å². The van der Waals surface area contributed by atoms with Crippen LogP contribution < -0.4 is 0 Å². The van der Waals surface area contributed by atoms with E-state index in [1.54, 1.807) is 0 Å². The molecule has 0 aromatic rings. The lowest BCUT2D eigenvalue weighted by atomic mass is 10.1. The molecule has 1 atom stereocenters. The fourth-order valence-corrected chi connectivity index (χ4v) is 0.749. The van der Waals surface area contributed by atoms with Gasteiger partial charge in [-0.15, -0.1) is 0 Å². The number of unbranched alkanes of at least 4 members (excludes halogenated alkanes) is 1. The van der Waals surface area contributed by atoms with Crippen molar-refractivity contribution in [2.45, 2.75) is 38.9 Å². The third kappa shape index (κ3) is 4.65. The van der Waals surface area contributed by atoms with Crippen LogP contribution >= 0.6 is 12.6 Å². The monoisotopic (exact) mass is 190 g/mol. The average Bonchev–Trinajstić information content (AvgIpc) is 2.03. The Balaban J connectivity index is 3.57. The molecule has 72 valence electrons. The molecule has 0 saturated heterocycles. The van der Waals surface area contributed by atoms with Gasteiger partial charge in [0.1, 0.15) is 5.25 Å². The molecular weight excluding hydrogens is 172 g/mol. The predicted molar refractivity (Wildman–Crippen MR) is 53.5 cm³/mol. The molecule has 0 radical (unpaired) electrons. The van der Waals surface area contributed by atoms with E-state index in [-0.39, 0.29) is 17.1 Å². The summed E-state index contributed by atoms with van der Waals surface area (Å²) in [5.74, 6) is 0.0456. The highest BCUT2D eigenvalue weighted by molar-refractivity contribution is 7.81. The second-order valence-corrected chi connectivity index (χ2v) is 3.77. The summed E-state index contributed by atoms with van der Waals surface area (Å²) in [7, 11) is 0. The topological polar surface area (TPSA) is 26.3 Å². The van der Waals surface area contributed by atoms with Crippen LogP contribution in [0.1, 0.15) is 33.6 Å². The minimum atomic E-state index is -0.276. The summed E-state index contributed by atoms with van der Waals surface area (Å²) in [5.41, 5.74) is 0. The van der Waals surface area contributed by atoms with Gasteiger partial charge < -0.3 is 4.74 Å². The van der Waals surface area contributed by atoms with Crippen LogP contribution in [0, 0.1) is 5.92 Å². The van der Waals surface area contributed by atoms with Gasteiger partial charge in [-0.3, -0.25) is 4.79 Å². The highest BCUT2D eigenvalue weighted by Crippen LogP contribution is 2.10. The van der Waals surface area contributed by atoms with Crippen molar-refractivity contribution in [2.75, 3.05) is 6.61 Å². The summed E-state index contributed by atoms with van der Waals surface area (Å²) in [6, 6.07) is 0. The molecule has 3 heteroatoms. The first kappa shape index (κ1) is 11.8. The van der Waals surface area contributed by atoms with Crippen LogP contribution in [0.3, 0.4) is 0 Å². The highest BCUT2D eigenvalue weighted by Gasteiger charge is 2.18. The summed E-state index contributed by atoms with van der Waals surface area (Å²) < 4.78 is 4.99. The van der Waals surface area contributed by atoms with Gasteiger partial charge in [-0.25, -0.2) is 0 Å². The number of hydrogen-bond acceptors (Lipinski definition) is 3. The summed E-state index contributed by atoms with van der Waals surface area (Å²) >= 11 is 4.15. The van der Waals surface area contributed by atoms with Gasteiger partial charge in [-0.05, 0) is 12.3 Å². The Kier molecular flexibility index (Phi) is 6.25. The minimum absolute atomic E-state index is 0.193. The van der Waals surface area contributed by atoms with Gasteiger partial charge in [0.15, 0.2) is 0 Å². The van der Waals surface area contributed by atoms with E-state index >= 15 is 0 Å². The molecule has 0 aliphatic rings. The fourth-order valence-electron chi connectivity index (χ4n) is 0.675. The molecule has 0 aliphatic heterocycles. The van der Waals surface area contributed by atoms with Gasteiger partial charge in [0.25, 0.3) is 0 Å². The van der Waals surface area contributed by atoms with Gasteiger partial charge in [0.05, 0.1) is 6.61 Å². The van der Waals surface area contributed by atoms with Crippen LogP contribution in [0.2, 0.25) is 0 Å². The van der Waals surface area contributed by atoms with Crippen LogP contribution in [-0.2, 0) is 9.53 Å². The van der Waals surface area contributed by atoms with Gasteiger partial charge in [-0.2, -0.15) is 12.6 Å². The Morgan fingerprint density at radius 2 is 2.08 bits per heavy atom. The van der Waals surface area contributed by atoms with E-state index in [9.17, 15) is 4.79 Å². The largest absolute Gasteiger partial charge is 0.465 e. The molecule has 2 nitrogen and oxygen atoms in total. The van der Waals surface area contributed by atoms with E-state index in [1.807, 2.05) is 13.8 Å². The third-order valence-corrected chi connectivity index (χ3v) is 2.42. The van der Waals surface area contributed by atoms with Crippen LogP contribution in [0.15, 0.2) is 0 Å². The van der Waals surface area contributed by atoms with Crippen molar-refractivity contribution < 1.29 is 9.53 Å². The molecule has 12 heavy (non-hydrogen) atoms. The molecule has 0 bridgehead atoms. The lowest BCUT2D eigenvalue weighted by Crippen LogP contribution is -2.23. The zero-order valence-corrected chi connectivity index (χ0v) is 8.93. The molecule has 0 heterocycles. The summed E-state index contributed by atoms with van der Waals surface area (Å²) in [5, 5.41) is -0.276. The Morgan fingerprint density at radius 3 is 2.50 bits per heavy atom. The van der Waals surface area contributed by atoms with E-state index in [0.717, 1.165) is 12.8 Å². The summed E-state index contributed by atoms with van der Waals surface area (Å²) in [6.45, 7) is 6.51. The molecule has 0 aromatic heterocycles. The van der Waals surface area contributed by atoms with Gasteiger partial charge in [-0.1, -0.05) is 27.2 Å². The Hall–Kier alpha value is -0.180. The zero-order valence-electron chi connectivity index (χ0n) is 8.04. The van der Waals surface area contributed by atoms with Gasteiger partial charge >= 0.3 is 5.97 Å². The number of rotatable bonds is 5. The number of thiol groups is 1. The number of carbonyl (C=O) groups is 1. The molecular formula is C9H18O2S. The summed E-state index contributed by atoms with van der Waals surface area (Å²) in [4.78, 5) is 11.2. The van der Waals surface area contributed by atoms with Crippen LogP contribution in [0.5, 0.6) is 0 Å². The first-order valence-electron chi connectivity index (χ1n) is 4.44. The average molecular weight is 190 g/mol. The number of carbonyl (C=O) groups excluding carboxylic acids is 1. The van der Waals surface area contributed by atoms with E-state index < -0.39 is 0 Å². The van der Waals surface area contributed by atoms with Gasteiger partial charge in [0, 0.05) is 0 Å². The standard InChI is InChI=1S/C9H18O2S/c1-4-5-6-11-9(10)8(12)7(2)3/h7-8,12H,4-6H2,1-3H3. The molecule has 0 aromatic carbocycles. The van der Waals surface area contributed by atoms with Crippen molar-refractivity contribution in [3.63, 3.8) is 0 Å². The van der Waals surface area contributed by atoms with Crippen LogP contribution in [0.25, 0.3) is 0 Å². The van der Waals surface area contributed by atoms with Crippen molar-refractivity contribution >= 4 is 18.6 Å². The molecule has 0 fully saturated rings. The summed E-state index contributed by atoms with van der Waals surface area (Å²) in [6.07, 6.45) is 1.98. The maximum Gasteiger partial charge on any atom is 0.319 e. The van der Waals surface area contributed by atoms with Crippen molar-refractivity contribution in [2.24, 2.45) is 5.92 Å². The molecule has 0 amide bonds. The lowest BCUT2D eigenvalue weighted by Gasteiger charge is -2.13. The lowest BCUT2D eigenvalue weighted by molar-refractivity contribution is -0.143. The molecule has 0 saturated carbocycles. The Morgan fingerprint density at radius 1 is 1.50 bits per heavy atom. The Labute approximate surface area is 80.1 Å². The predicted octanol–water partition coefficient (Wildman–Crippen LogP) is 2.28. The maximum atomic E-state index is 11.2. The van der Waals surface area contributed by atoms with E-state index in [4.69, 9.17) is 4.74 Å². The highest BCUT2D eigenvalue weighted by atomic mass is 32.1. The number of esters is 1. The zero-order chi connectivity index (χ0) is 9.56. The number of ether oxygens (including phenoxy) is 1. The quantitative estimate of drug-likeness (QED) is 0.409. The number of hydrogen-bond donors (Lipinski definition) is 1. The molecule has 0 spiro atoms. The van der Waals surface area contributed by atoms with Crippen molar-refractivity contribution in [1.82, 2.24) is 0 Å². The fraction of sp³-hybridized carbons (Fsp3) is 0.889. The normalized spacial score (nSPS) is 13.1. The van der Waals surface area contributed by atoms with Crippen molar-refractivity contribution in [3.8, 4) is 0 Å². The molecule has 0 rings (SSSR count). The minimum Gasteiger partial charge on any atom is -0.465 e. The SMILES string of the molecule is CCCCOC(=O)C(S)C(C)C. The van der Waals surface area contributed by atoms with E-state index in [2.05, 4.69) is 19.6 Å². The Bertz CT molecular complexity index is 134. The first-order valence-corrected chi connectivity index (χ1v) is 4.96. The maximum absolute atomic E-state index is 11.2. The molecule has 1 unspecified atom stereocenters. The smallest absolute Gasteiger partial charge is 0.319 e. The molecule has 0 aliphatic carbocycles. The molecule has 0 N–H and O–H groups in total. The van der Waals surface area contributed by atoms with Crippen molar-refractivity contribution in [3.05, 3.63) is 0 Å². The van der Waals surface area contributed by atoms with Crippen LogP contribution in [0.4, 0.5) is 0 Å². The second kappa shape index (κ2) is 6.35. The first-order chi connectivity index (χ1) is 5.59. The van der Waals surface area contributed by atoms with Crippen molar-refractivity contribution in [1.29, 1.82) is 0 Å². The van der Waals surface area contributed by atoms with Crippen LogP contribution in [-0.4, -0.2) is 17.8 Å². The third-order valence-electron chi connectivity index (χ3n) is 1.62. The van der Waals surface area contributed by atoms with E-state index in [0.29, 0.717) is 6.61 Å². The second-order valence-electron chi connectivity index (χ2n) is 3.21. The van der Waals surface area contributed by atoms with Gasteiger partial charge in [0.2, 0.25) is 0 Å².